The van der Waals surface area contributed by atoms with E-state index in [-0.39, 0.29) is 23.4 Å². The molecule has 0 aliphatic heterocycles. The van der Waals surface area contributed by atoms with Crippen molar-refractivity contribution in [2.75, 3.05) is 17.2 Å². The number of anilines is 2. The number of hydrogen-bond acceptors (Lipinski definition) is 5. The van der Waals surface area contributed by atoms with Gasteiger partial charge in [0.15, 0.2) is 0 Å². The molecule has 0 aromatic heterocycles. The zero-order valence-corrected chi connectivity index (χ0v) is 16.9. The molecule has 2 aromatic rings. The number of nitrogens with one attached hydrogen (secondary N) is 2. The minimum absolute atomic E-state index is 0.109. The second kappa shape index (κ2) is 10.7. The number of carbonyl (C=O) groups is 2. The van der Waals surface area contributed by atoms with Crippen molar-refractivity contribution in [1.82, 2.24) is 0 Å². The van der Waals surface area contributed by atoms with Crippen LogP contribution >= 0.6 is 0 Å². The van der Waals surface area contributed by atoms with Gasteiger partial charge in [-0.3, -0.25) is 4.79 Å². The van der Waals surface area contributed by atoms with Crippen molar-refractivity contribution in [3.05, 3.63) is 71.4 Å². The fourth-order valence-electron chi connectivity index (χ4n) is 2.75. The molecule has 0 heterocycles. The lowest BCUT2D eigenvalue weighted by molar-refractivity contribution is -0.112. The van der Waals surface area contributed by atoms with E-state index < -0.39 is 11.9 Å². The van der Waals surface area contributed by atoms with Crippen LogP contribution < -0.4 is 10.6 Å². The van der Waals surface area contributed by atoms with E-state index in [2.05, 4.69) is 24.5 Å². The van der Waals surface area contributed by atoms with Gasteiger partial charge in [0.25, 0.3) is 5.91 Å². The van der Waals surface area contributed by atoms with Gasteiger partial charge in [-0.1, -0.05) is 44.2 Å². The average molecular weight is 391 g/mol. The van der Waals surface area contributed by atoms with Crippen LogP contribution in [0.3, 0.4) is 0 Å². The summed E-state index contributed by atoms with van der Waals surface area (Å²) in [4.78, 5) is 24.6. The van der Waals surface area contributed by atoms with Crippen molar-refractivity contribution in [2.24, 2.45) is 0 Å². The van der Waals surface area contributed by atoms with Gasteiger partial charge in [-0.15, -0.1) is 0 Å². The number of esters is 1. The van der Waals surface area contributed by atoms with Crippen LogP contribution in [-0.4, -0.2) is 18.5 Å². The number of amides is 1. The molecule has 2 N–H and O–H groups in total. The molecule has 1 unspecified atom stereocenters. The van der Waals surface area contributed by atoms with Crippen molar-refractivity contribution in [1.29, 1.82) is 5.26 Å². The quantitative estimate of drug-likeness (QED) is 0.382. The smallest absolute Gasteiger partial charge is 0.340 e. The molecule has 29 heavy (non-hydrogen) atoms. The van der Waals surface area contributed by atoms with Gasteiger partial charge >= 0.3 is 5.97 Å². The van der Waals surface area contributed by atoms with Crippen LogP contribution in [0.15, 0.2) is 60.3 Å². The molecule has 6 heteroatoms. The second-order valence-corrected chi connectivity index (χ2v) is 6.43. The number of nitrogens with zero attached hydrogens (tertiary/aromatic N) is 1. The normalized spacial score (nSPS) is 11.9. The van der Waals surface area contributed by atoms with Crippen LogP contribution in [0.25, 0.3) is 0 Å². The maximum atomic E-state index is 12.6. The summed E-state index contributed by atoms with van der Waals surface area (Å²) in [5, 5.41) is 15.1. The van der Waals surface area contributed by atoms with Gasteiger partial charge in [0.05, 0.1) is 17.9 Å². The lowest BCUT2D eigenvalue weighted by Gasteiger charge is -2.15. The lowest BCUT2D eigenvalue weighted by Crippen LogP contribution is -2.17. The summed E-state index contributed by atoms with van der Waals surface area (Å²) in [6.45, 7) is 6.16. The first-order chi connectivity index (χ1) is 14.0. The van der Waals surface area contributed by atoms with Crippen molar-refractivity contribution >= 4 is 23.3 Å². The molecule has 0 fully saturated rings. The lowest BCUT2D eigenvalue weighted by atomic mass is 9.97. The monoisotopic (exact) mass is 391 g/mol. The standard InChI is InChI=1S/C23H25N3O3/c1-4-16(3)18-10-6-8-12-20(18)25-15-17(14-24)22(27)26-21-13-9-7-11-19(21)23(28)29-5-2/h6-13,15-16,25H,4-5H2,1-3H3,(H,26,27)/b17-15-. The third kappa shape index (κ3) is 5.69. The highest BCUT2D eigenvalue weighted by atomic mass is 16.5. The van der Waals surface area contributed by atoms with Gasteiger partial charge in [0.1, 0.15) is 11.6 Å². The topological polar surface area (TPSA) is 91.2 Å². The summed E-state index contributed by atoms with van der Waals surface area (Å²) >= 11 is 0. The fourth-order valence-corrected chi connectivity index (χ4v) is 2.75. The average Bonchev–Trinajstić information content (AvgIpc) is 2.74. The molecule has 0 aliphatic rings. The molecule has 0 saturated carbocycles. The molecule has 1 atom stereocenters. The summed E-state index contributed by atoms with van der Waals surface area (Å²) in [6, 6.07) is 16.2. The molecule has 2 rings (SSSR count). The zero-order valence-electron chi connectivity index (χ0n) is 16.9. The maximum Gasteiger partial charge on any atom is 0.340 e. The van der Waals surface area contributed by atoms with Gasteiger partial charge in [-0.25, -0.2) is 4.79 Å². The SMILES string of the molecule is CCOC(=O)c1ccccc1NC(=O)/C(C#N)=C\Nc1ccccc1C(C)CC. The molecule has 0 saturated heterocycles. The Balaban J connectivity index is 2.21. The number of nitriles is 1. The zero-order chi connectivity index (χ0) is 21.2. The summed E-state index contributed by atoms with van der Waals surface area (Å²) in [5.41, 5.74) is 2.36. The molecule has 0 spiro atoms. The van der Waals surface area contributed by atoms with Crippen molar-refractivity contribution < 1.29 is 14.3 Å². The van der Waals surface area contributed by atoms with Gasteiger partial charge in [0.2, 0.25) is 0 Å². The number of para-hydroxylation sites is 2. The van der Waals surface area contributed by atoms with E-state index in [1.807, 2.05) is 30.3 Å². The Morgan fingerprint density at radius 1 is 1.10 bits per heavy atom. The molecule has 150 valence electrons. The first kappa shape index (κ1) is 21.7. The first-order valence-corrected chi connectivity index (χ1v) is 9.55. The number of ether oxygens (including phenoxy) is 1. The molecular formula is C23H25N3O3. The highest BCUT2D eigenvalue weighted by Gasteiger charge is 2.16. The van der Waals surface area contributed by atoms with Crippen LogP contribution in [0, 0.1) is 11.3 Å². The Labute approximate surface area is 171 Å². The summed E-state index contributed by atoms with van der Waals surface area (Å²) in [6.07, 6.45) is 2.35. The van der Waals surface area contributed by atoms with E-state index in [4.69, 9.17) is 4.74 Å². The molecule has 0 aliphatic carbocycles. The van der Waals surface area contributed by atoms with E-state index in [0.29, 0.717) is 5.92 Å². The molecule has 0 radical (unpaired) electrons. The van der Waals surface area contributed by atoms with E-state index in [9.17, 15) is 14.9 Å². The van der Waals surface area contributed by atoms with Crippen LogP contribution in [0.1, 0.15) is 49.0 Å². The van der Waals surface area contributed by atoms with Gasteiger partial charge in [0, 0.05) is 11.9 Å². The Hall–Kier alpha value is -3.59. The van der Waals surface area contributed by atoms with E-state index in [1.54, 1.807) is 31.2 Å². The molecular weight excluding hydrogens is 366 g/mol. The number of benzene rings is 2. The van der Waals surface area contributed by atoms with Crippen LogP contribution in [0.4, 0.5) is 11.4 Å². The Morgan fingerprint density at radius 3 is 2.41 bits per heavy atom. The van der Waals surface area contributed by atoms with E-state index in [1.165, 1.54) is 6.20 Å². The predicted octanol–water partition coefficient (Wildman–Crippen LogP) is 4.83. The minimum atomic E-state index is -0.613. The molecule has 0 bridgehead atoms. The highest BCUT2D eigenvalue weighted by Crippen LogP contribution is 2.26. The number of rotatable bonds is 8. The second-order valence-electron chi connectivity index (χ2n) is 6.43. The van der Waals surface area contributed by atoms with Crippen molar-refractivity contribution in [3.8, 4) is 6.07 Å². The summed E-state index contributed by atoms with van der Waals surface area (Å²) in [5.74, 6) is -0.813. The van der Waals surface area contributed by atoms with E-state index >= 15 is 0 Å². The number of hydrogen-bond donors (Lipinski definition) is 2. The third-order valence-electron chi connectivity index (χ3n) is 4.51. The first-order valence-electron chi connectivity index (χ1n) is 9.55. The minimum Gasteiger partial charge on any atom is -0.462 e. The fraction of sp³-hybridized carbons (Fsp3) is 0.261. The van der Waals surface area contributed by atoms with Gasteiger partial charge < -0.3 is 15.4 Å². The highest BCUT2D eigenvalue weighted by molar-refractivity contribution is 6.09. The summed E-state index contributed by atoms with van der Waals surface area (Å²) in [7, 11) is 0. The van der Waals surface area contributed by atoms with E-state index in [0.717, 1.165) is 17.7 Å². The number of carbonyl (C=O) groups excluding carboxylic acids is 2. The Morgan fingerprint density at radius 2 is 1.76 bits per heavy atom. The largest absolute Gasteiger partial charge is 0.462 e. The summed E-state index contributed by atoms with van der Waals surface area (Å²) < 4.78 is 5.01. The Kier molecular flexibility index (Phi) is 7.99. The van der Waals surface area contributed by atoms with Crippen LogP contribution in [-0.2, 0) is 9.53 Å². The van der Waals surface area contributed by atoms with Crippen molar-refractivity contribution in [2.45, 2.75) is 33.1 Å². The van der Waals surface area contributed by atoms with Crippen LogP contribution in [0.5, 0.6) is 0 Å². The predicted molar refractivity (Wildman–Crippen MR) is 113 cm³/mol. The van der Waals surface area contributed by atoms with Crippen LogP contribution in [0.2, 0.25) is 0 Å². The molecule has 2 aromatic carbocycles. The molecule has 6 nitrogen and oxygen atoms in total. The van der Waals surface area contributed by atoms with Crippen molar-refractivity contribution in [3.63, 3.8) is 0 Å². The Bertz CT molecular complexity index is 944. The molecule has 1 amide bonds. The third-order valence-corrected chi connectivity index (χ3v) is 4.51. The van der Waals surface area contributed by atoms with Gasteiger partial charge in [-0.2, -0.15) is 5.26 Å². The maximum absolute atomic E-state index is 12.6. The van der Waals surface area contributed by atoms with Gasteiger partial charge in [-0.05, 0) is 43.0 Å².